The van der Waals surface area contributed by atoms with Crippen LogP contribution >= 0.6 is 0 Å². The van der Waals surface area contributed by atoms with Gasteiger partial charge in [0.25, 0.3) is 0 Å². The van der Waals surface area contributed by atoms with Gasteiger partial charge in [-0.25, -0.2) is 0 Å². The van der Waals surface area contributed by atoms with E-state index in [4.69, 9.17) is 4.98 Å². The Morgan fingerprint density at radius 2 is 1.77 bits per heavy atom. The van der Waals surface area contributed by atoms with Crippen molar-refractivity contribution in [2.24, 2.45) is 5.92 Å². The van der Waals surface area contributed by atoms with E-state index >= 15 is 0 Å². The molecular formula is C24H28F3N3O. The zero-order valence-corrected chi connectivity index (χ0v) is 17.7. The first-order valence-corrected chi connectivity index (χ1v) is 10.9. The lowest BCUT2D eigenvalue weighted by Gasteiger charge is -2.37. The van der Waals surface area contributed by atoms with Crippen LogP contribution in [0.2, 0.25) is 0 Å². The van der Waals surface area contributed by atoms with Gasteiger partial charge in [-0.05, 0) is 70.1 Å². The Labute approximate surface area is 181 Å². The fourth-order valence-corrected chi connectivity index (χ4v) is 4.63. The van der Waals surface area contributed by atoms with Crippen LogP contribution in [0.3, 0.4) is 0 Å². The van der Waals surface area contributed by atoms with Crippen molar-refractivity contribution in [2.75, 3.05) is 33.2 Å². The summed E-state index contributed by atoms with van der Waals surface area (Å²) in [7, 11) is 2.08. The van der Waals surface area contributed by atoms with Crippen molar-refractivity contribution in [3.05, 3.63) is 53.7 Å². The normalized spacial score (nSPS) is 21.3. The molecule has 0 bridgehead atoms. The minimum Gasteiger partial charge on any atom is -0.342 e. The molecule has 0 aliphatic carbocycles. The Morgan fingerprint density at radius 3 is 2.52 bits per heavy atom. The van der Waals surface area contributed by atoms with Gasteiger partial charge >= 0.3 is 6.18 Å². The van der Waals surface area contributed by atoms with Crippen LogP contribution in [0.1, 0.15) is 42.9 Å². The number of aromatic nitrogens is 1. The van der Waals surface area contributed by atoms with Crippen LogP contribution in [0.15, 0.2) is 42.5 Å². The zero-order chi connectivity index (χ0) is 22.0. The summed E-state index contributed by atoms with van der Waals surface area (Å²) in [6.07, 6.45) is -0.736. The number of likely N-dealkylation sites (tertiary alicyclic amines) is 2. The molecule has 0 radical (unpaired) electrons. The van der Waals surface area contributed by atoms with Gasteiger partial charge in [-0.3, -0.25) is 9.78 Å². The minimum absolute atomic E-state index is 0.0966. The number of rotatable bonds is 3. The van der Waals surface area contributed by atoms with Gasteiger partial charge in [0.15, 0.2) is 0 Å². The van der Waals surface area contributed by atoms with E-state index in [9.17, 15) is 18.0 Å². The number of amides is 1. The van der Waals surface area contributed by atoms with E-state index in [0.29, 0.717) is 17.8 Å². The van der Waals surface area contributed by atoms with Crippen molar-refractivity contribution in [2.45, 2.75) is 37.8 Å². The van der Waals surface area contributed by atoms with Crippen molar-refractivity contribution >= 4 is 5.91 Å². The number of alkyl halides is 3. The topological polar surface area (TPSA) is 36.4 Å². The summed E-state index contributed by atoms with van der Waals surface area (Å²) in [5, 5.41) is 0. The maximum atomic E-state index is 13.1. The molecule has 7 heteroatoms. The summed E-state index contributed by atoms with van der Waals surface area (Å²) in [5.41, 5.74) is 1.15. The summed E-state index contributed by atoms with van der Waals surface area (Å²) in [6.45, 7) is 3.31. The third-order valence-corrected chi connectivity index (χ3v) is 6.48. The van der Waals surface area contributed by atoms with Gasteiger partial charge in [-0.2, -0.15) is 13.2 Å². The van der Waals surface area contributed by atoms with E-state index < -0.39 is 11.7 Å². The van der Waals surface area contributed by atoms with Crippen LogP contribution in [0, 0.1) is 5.92 Å². The summed E-state index contributed by atoms with van der Waals surface area (Å²) < 4.78 is 39.3. The van der Waals surface area contributed by atoms with E-state index in [2.05, 4.69) is 11.9 Å². The number of nitrogens with zero attached hydrogens (tertiary/aromatic N) is 3. The van der Waals surface area contributed by atoms with Crippen molar-refractivity contribution in [3.63, 3.8) is 0 Å². The highest BCUT2D eigenvalue weighted by molar-refractivity contribution is 5.79. The highest BCUT2D eigenvalue weighted by Gasteiger charge is 2.32. The Balaban J connectivity index is 1.49. The summed E-state index contributed by atoms with van der Waals surface area (Å²) in [5.74, 6) is 0.445. The maximum Gasteiger partial charge on any atom is 0.416 e. The minimum atomic E-state index is -4.38. The average Bonchev–Trinajstić information content (AvgIpc) is 2.79. The summed E-state index contributed by atoms with van der Waals surface area (Å²) in [6, 6.07) is 10.8. The van der Waals surface area contributed by atoms with Crippen LogP contribution in [0.4, 0.5) is 13.2 Å². The zero-order valence-electron chi connectivity index (χ0n) is 17.7. The molecule has 2 fully saturated rings. The second kappa shape index (κ2) is 8.99. The number of piperidine rings is 2. The van der Waals surface area contributed by atoms with Gasteiger partial charge in [0.1, 0.15) is 0 Å². The molecule has 1 amide bonds. The third kappa shape index (κ3) is 5.09. The molecule has 2 saturated heterocycles. The van der Waals surface area contributed by atoms with Crippen molar-refractivity contribution < 1.29 is 18.0 Å². The molecule has 4 rings (SSSR count). The summed E-state index contributed by atoms with van der Waals surface area (Å²) in [4.78, 5) is 22.0. The van der Waals surface area contributed by atoms with Crippen LogP contribution in [0.5, 0.6) is 0 Å². The second-order valence-electron chi connectivity index (χ2n) is 8.73. The summed E-state index contributed by atoms with van der Waals surface area (Å²) >= 11 is 0. The number of carbonyl (C=O) groups excluding carboxylic acids is 1. The molecule has 0 spiro atoms. The van der Waals surface area contributed by atoms with Crippen LogP contribution in [0.25, 0.3) is 11.3 Å². The lowest BCUT2D eigenvalue weighted by atomic mass is 9.90. The van der Waals surface area contributed by atoms with Gasteiger partial charge in [0, 0.05) is 36.2 Å². The van der Waals surface area contributed by atoms with E-state index in [1.165, 1.54) is 6.07 Å². The standard InChI is InChI=1S/C24H28F3N3O/c1-29-13-10-17(11-14-29)23(31)30-12-4-6-19(16-30)22-9-3-8-21(28-22)18-5-2-7-20(15-18)24(25,26)27/h2-3,5,7-9,15,17,19H,4,6,10-14,16H2,1H3/t19-/m0/s1. The maximum absolute atomic E-state index is 13.1. The molecule has 166 valence electrons. The van der Waals surface area contributed by atoms with Gasteiger partial charge in [0.2, 0.25) is 5.91 Å². The number of hydrogen-bond donors (Lipinski definition) is 0. The van der Waals surface area contributed by atoms with Crippen molar-refractivity contribution in [3.8, 4) is 11.3 Å². The first-order valence-electron chi connectivity index (χ1n) is 10.9. The van der Waals surface area contributed by atoms with E-state index in [1.807, 2.05) is 17.0 Å². The SMILES string of the molecule is CN1CCC(C(=O)N2CCC[C@H](c3cccc(-c4cccc(C(F)(F)F)c4)n3)C2)CC1. The van der Waals surface area contributed by atoms with E-state index in [-0.39, 0.29) is 17.7 Å². The van der Waals surface area contributed by atoms with Crippen LogP contribution in [-0.4, -0.2) is 53.9 Å². The molecule has 31 heavy (non-hydrogen) atoms. The molecular weight excluding hydrogens is 403 g/mol. The smallest absolute Gasteiger partial charge is 0.342 e. The molecule has 2 aliphatic rings. The number of pyridine rings is 1. The van der Waals surface area contributed by atoms with Crippen LogP contribution in [-0.2, 0) is 11.0 Å². The molecule has 4 nitrogen and oxygen atoms in total. The predicted molar refractivity (Wildman–Crippen MR) is 113 cm³/mol. The molecule has 1 aromatic heterocycles. The number of halogens is 3. The molecule has 0 unspecified atom stereocenters. The molecule has 2 aromatic rings. The highest BCUT2D eigenvalue weighted by atomic mass is 19.4. The number of carbonyl (C=O) groups is 1. The molecule has 0 N–H and O–H groups in total. The fraction of sp³-hybridized carbons (Fsp3) is 0.500. The molecule has 1 atom stereocenters. The molecule has 2 aliphatic heterocycles. The Morgan fingerprint density at radius 1 is 1.03 bits per heavy atom. The first kappa shape index (κ1) is 21.8. The Kier molecular flexibility index (Phi) is 6.32. The van der Waals surface area contributed by atoms with Gasteiger partial charge < -0.3 is 9.80 Å². The molecule has 3 heterocycles. The molecule has 0 saturated carbocycles. The van der Waals surface area contributed by atoms with Crippen molar-refractivity contribution in [1.82, 2.24) is 14.8 Å². The lowest BCUT2D eigenvalue weighted by molar-refractivity contribution is -0.138. The highest BCUT2D eigenvalue weighted by Crippen LogP contribution is 2.33. The Bertz CT molecular complexity index is 922. The van der Waals surface area contributed by atoms with Gasteiger partial charge in [-0.1, -0.05) is 18.2 Å². The average molecular weight is 432 g/mol. The first-order chi connectivity index (χ1) is 14.8. The Hall–Kier alpha value is -2.41. The van der Waals surface area contributed by atoms with E-state index in [0.717, 1.165) is 63.1 Å². The third-order valence-electron chi connectivity index (χ3n) is 6.48. The number of benzene rings is 1. The van der Waals surface area contributed by atoms with Crippen molar-refractivity contribution in [1.29, 1.82) is 0 Å². The largest absolute Gasteiger partial charge is 0.416 e. The van der Waals surface area contributed by atoms with Gasteiger partial charge in [-0.15, -0.1) is 0 Å². The monoisotopic (exact) mass is 431 g/mol. The second-order valence-corrected chi connectivity index (χ2v) is 8.73. The van der Waals surface area contributed by atoms with E-state index in [1.54, 1.807) is 12.1 Å². The fourth-order valence-electron chi connectivity index (χ4n) is 4.63. The predicted octanol–water partition coefficient (Wildman–Crippen LogP) is 4.82. The number of hydrogen-bond acceptors (Lipinski definition) is 3. The lowest BCUT2D eigenvalue weighted by Crippen LogP contribution is -2.45. The quantitative estimate of drug-likeness (QED) is 0.700. The van der Waals surface area contributed by atoms with Gasteiger partial charge in [0.05, 0.1) is 11.3 Å². The van der Waals surface area contributed by atoms with Crippen LogP contribution < -0.4 is 0 Å². The molecule has 1 aromatic carbocycles.